The number of piperazine rings is 1. The molecule has 0 saturated carbocycles. The minimum Gasteiger partial charge on any atom is -0.496 e. The number of hydrogen-bond acceptors (Lipinski definition) is 3. The van der Waals surface area contributed by atoms with E-state index in [2.05, 4.69) is 5.32 Å². The molecule has 1 N–H and O–H groups in total. The van der Waals surface area contributed by atoms with Gasteiger partial charge in [0.05, 0.1) is 13.2 Å². The average molecular weight is 234 g/mol. The van der Waals surface area contributed by atoms with Gasteiger partial charge in [-0.05, 0) is 6.07 Å². The van der Waals surface area contributed by atoms with E-state index in [4.69, 9.17) is 4.74 Å². The van der Waals surface area contributed by atoms with Gasteiger partial charge in [0.25, 0.3) is 0 Å². The van der Waals surface area contributed by atoms with Crippen LogP contribution in [-0.2, 0) is 4.79 Å². The van der Waals surface area contributed by atoms with Crippen molar-refractivity contribution in [3.63, 3.8) is 0 Å². The number of methoxy groups -OCH3 is 1. The number of carbonyl (C=O) groups excluding carboxylic acids is 1. The highest BCUT2D eigenvalue weighted by Gasteiger charge is 2.24. The zero-order valence-corrected chi connectivity index (χ0v) is 10.3. The van der Waals surface area contributed by atoms with Gasteiger partial charge in [-0.25, -0.2) is 0 Å². The first-order chi connectivity index (χ1) is 8.22. The van der Waals surface area contributed by atoms with Crippen molar-refractivity contribution in [2.24, 2.45) is 0 Å². The van der Waals surface area contributed by atoms with Gasteiger partial charge in [-0.15, -0.1) is 0 Å². The molecule has 2 rings (SSSR count). The van der Waals surface area contributed by atoms with Crippen molar-refractivity contribution in [2.75, 3.05) is 26.7 Å². The molecule has 92 valence electrons. The van der Waals surface area contributed by atoms with Crippen molar-refractivity contribution in [3.8, 4) is 5.75 Å². The van der Waals surface area contributed by atoms with E-state index >= 15 is 0 Å². The molecule has 1 aliphatic heterocycles. The summed E-state index contributed by atoms with van der Waals surface area (Å²) in [7, 11) is 1.67. The van der Waals surface area contributed by atoms with Gasteiger partial charge in [0.15, 0.2) is 0 Å². The molecular weight excluding hydrogens is 216 g/mol. The first-order valence-corrected chi connectivity index (χ1v) is 5.84. The number of ether oxygens (including phenoxy) is 1. The number of amides is 1. The van der Waals surface area contributed by atoms with E-state index in [0.29, 0.717) is 6.54 Å². The second-order valence-corrected chi connectivity index (χ2v) is 4.21. The molecule has 1 saturated heterocycles. The molecular formula is C13H18N2O2. The van der Waals surface area contributed by atoms with E-state index < -0.39 is 0 Å². The summed E-state index contributed by atoms with van der Waals surface area (Å²) in [5.74, 6) is 1.00. The number of nitrogens with zero attached hydrogens (tertiary/aromatic N) is 1. The molecule has 0 bridgehead atoms. The second kappa shape index (κ2) is 5.19. The molecule has 1 aliphatic rings. The summed E-state index contributed by atoms with van der Waals surface area (Å²) in [5, 5.41) is 3.42. The Morgan fingerprint density at radius 2 is 2.24 bits per heavy atom. The lowest BCUT2D eigenvalue weighted by molar-refractivity contribution is -0.130. The van der Waals surface area contributed by atoms with Crippen molar-refractivity contribution in [1.29, 1.82) is 0 Å². The molecule has 0 unspecified atom stereocenters. The summed E-state index contributed by atoms with van der Waals surface area (Å²) >= 11 is 0. The molecule has 0 spiro atoms. The van der Waals surface area contributed by atoms with Crippen LogP contribution >= 0.6 is 0 Å². The van der Waals surface area contributed by atoms with Gasteiger partial charge in [-0.2, -0.15) is 0 Å². The number of nitrogens with one attached hydrogen (secondary N) is 1. The van der Waals surface area contributed by atoms with Crippen LogP contribution in [0.1, 0.15) is 18.5 Å². The quantitative estimate of drug-likeness (QED) is 0.835. The topological polar surface area (TPSA) is 41.6 Å². The van der Waals surface area contributed by atoms with Crippen molar-refractivity contribution in [3.05, 3.63) is 29.8 Å². The molecule has 1 atom stereocenters. The highest BCUT2D eigenvalue weighted by Crippen LogP contribution is 2.26. The third-order valence-corrected chi connectivity index (χ3v) is 3.14. The largest absolute Gasteiger partial charge is 0.496 e. The molecule has 1 heterocycles. The standard InChI is InChI=1S/C13H18N2O2/c1-10(16)15-8-7-14-12(9-15)11-5-3-4-6-13(11)17-2/h3-6,12,14H,7-9H2,1-2H3/t12-/m0/s1. The Bertz CT molecular complexity index is 406. The Kier molecular flexibility index (Phi) is 3.64. The van der Waals surface area contributed by atoms with Crippen LogP contribution in [0.25, 0.3) is 0 Å². The summed E-state index contributed by atoms with van der Waals surface area (Å²) in [6.07, 6.45) is 0. The first-order valence-electron chi connectivity index (χ1n) is 5.84. The lowest BCUT2D eigenvalue weighted by Gasteiger charge is -2.33. The first kappa shape index (κ1) is 11.9. The van der Waals surface area contributed by atoms with Crippen LogP contribution < -0.4 is 10.1 Å². The number of carbonyl (C=O) groups is 1. The van der Waals surface area contributed by atoms with Gasteiger partial charge < -0.3 is 15.0 Å². The van der Waals surface area contributed by atoms with E-state index in [9.17, 15) is 4.79 Å². The maximum Gasteiger partial charge on any atom is 0.219 e. The Morgan fingerprint density at radius 3 is 2.94 bits per heavy atom. The lowest BCUT2D eigenvalue weighted by atomic mass is 10.0. The highest BCUT2D eigenvalue weighted by atomic mass is 16.5. The van der Waals surface area contributed by atoms with Crippen molar-refractivity contribution >= 4 is 5.91 Å². The second-order valence-electron chi connectivity index (χ2n) is 4.21. The molecule has 4 nitrogen and oxygen atoms in total. The molecule has 4 heteroatoms. The van der Waals surface area contributed by atoms with E-state index in [-0.39, 0.29) is 11.9 Å². The van der Waals surface area contributed by atoms with Gasteiger partial charge in [0, 0.05) is 32.1 Å². The smallest absolute Gasteiger partial charge is 0.219 e. The Hall–Kier alpha value is -1.55. The predicted molar refractivity (Wildman–Crippen MR) is 66.0 cm³/mol. The van der Waals surface area contributed by atoms with Crippen LogP contribution in [0, 0.1) is 0 Å². The summed E-state index contributed by atoms with van der Waals surface area (Å²) in [6, 6.07) is 8.09. The fourth-order valence-corrected chi connectivity index (χ4v) is 2.20. The monoisotopic (exact) mass is 234 g/mol. The Morgan fingerprint density at radius 1 is 1.47 bits per heavy atom. The molecule has 1 aromatic carbocycles. The van der Waals surface area contributed by atoms with Crippen LogP contribution in [0.15, 0.2) is 24.3 Å². The van der Waals surface area contributed by atoms with Crippen LogP contribution in [-0.4, -0.2) is 37.6 Å². The maximum absolute atomic E-state index is 11.4. The van der Waals surface area contributed by atoms with E-state index in [0.717, 1.165) is 24.4 Å². The predicted octanol–water partition coefficient (Wildman–Crippen LogP) is 1.19. The van der Waals surface area contributed by atoms with E-state index in [1.165, 1.54) is 0 Å². The van der Waals surface area contributed by atoms with E-state index in [1.807, 2.05) is 29.2 Å². The average Bonchev–Trinajstić information content (AvgIpc) is 2.39. The molecule has 1 amide bonds. The third-order valence-electron chi connectivity index (χ3n) is 3.14. The molecule has 1 aromatic rings. The maximum atomic E-state index is 11.4. The van der Waals surface area contributed by atoms with Crippen molar-refractivity contribution < 1.29 is 9.53 Å². The fourth-order valence-electron chi connectivity index (χ4n) is 2.20. The van der Waals surface area contributed by atoms with Crippen LogP contribution in [0.5, 0.6) is 5.75 Å². The number of hydrogen-bond donors (Lipinski definition) is 1. The van der Waals surface area contributed by atoms with Crippen LogP contribution in [0.3, 0.4) is 0 Å². The minimum atomic E-state index is 0.131. The van der Waals surface area contributed by atoms with Crippen LogP contribution in [0.2, 0.25) is 0 Å². The van der Waals surface area contributed by atoms with E-state index in [1.54, 1.807) is 14.0 Å². The Labute approximate surface area is 102 Å². The zero-order chi connectivity index (χ0) is 12.3. The van der Waals surface area contributed by atoms with Crippen molar-refractivity contribution in [1.82, 2.24) is 10.2 Å². The highest BCUT2D eigenvalue weighted by molar-refractivity contribution is 5.73. The summed E-state index contributed by atoms with van der Waals surface area (Å²) in [5.41, 5.74) is 1.11. The summed E-state index contributed by atoms with van der Waals surface area (Å²) < 4.78 is 5.35. The van der Waals surface area contributed by atoms with Gasteiger partial charge >= 0.3 is 0 Å². The normalized spacial score (nSPS) is 20.1. The van der Waals surface area contributed by atoms with Gasteiger partial charge in [0.1, 0.15) is 5.75 Å². The van der Waals surface area contributed by atoms with Gasteiger partial charge in [0.2, 0.25) is 5.91 Å². The number of para-hydroxylation sites is 1. The summed E-state index contributed by atoms with van der Waals surface area (Å²) in [6.45, 7) is 3.92. The Balaban J connectivity index is 2.18. The molecule has 1 fully saturated rings. The molecule has 0 aromatic heterocycles. The van der Waals surface area contributed by atoms with Gasteiger partial charge in [-0.3, -0.25) is 4.79 Å². The van der Waals surface area contributed by atoms with Crippen LogP contribution in [0.4, 0.5) is 0 Å². The number of benzene rings is 1. The minimum absolute atomic E-state index is 0.131. The summed E-state index contributed by atoms with van der Waals surface area (Å²) in [4.78, 5) is 13.3. The zero-order valence-electron chi connectivity index (χ0n) is 10.3. The van der Waals surface area contributed by atoms with Crippen molar-refractivity contribution in [2.45, 2.75) is 13.0 Å². The third kappa shape index (κ3) is 2.58. The molecule has 0 radical (unpaired) electrons. The van der Waals surface area contributed by atoms with Gasteiger partial charge in [-0.1, -0.05) is 18.2 Å². The molecule has 0 aliphatic carbocycles. The fraction of sp³-hybridized carbons (Fsp3) is 0.462. The SMILES string of the molecule is COc1ccccc1[C@@H]1CN(C(C)=O)CCN1. The number of rotatable bonds is 2. The molecule has 17 heavy (non-hydrogen) atoms. The lowest BCUT2D eigenvalue weighted by Crippen LogP contribution is -2.47.